The largest absolute Gasteiger partial charge is 0.395 e. The van der Waals surface area contributed by atoms with Crippen LogP contribution in [-0.4, -0.2) is 24.2 Å². The molecule has 0 saturated heterocycles. The minimum atomic E-state index is -0.0447. The van der Waals surface area contributed by atoms with Crippen LogP contribution in [0.3, 0.4) is 0 Å². The summed E-state index contributed by atoms with van der Waals surface area (Å²) in [6.07, 6.45) is 2.50. The third-order valence-corrected chi connectivity index (χ3v) is 2.85. The number of unbranched alkanes of at least 4 members (excludes halogenated alkanes) is 1. The second-order valence-corrected chi connectivity index (χ2v) is 4.36. The quantitative estimate of drug-likeness (QED) is 0.629. The summed E-state index contributed by atoms with van der Waals surface area (Å²) in [7, 11) is 0. The molecule has 0 aliphatic rings. The Kier molecular flexibility index (Phi) is 6.70. The summed E-state index contributed by atoms with van der Waals surface area (Å²) < 4.78 is 0. The number of benzene rings is 1. The molecule has 0 unspecified atom stereocenters. The summed E-state index contributed by atoms with van der Waals surface area (Å²) in [6, 6.07) is 5.54. The third kappa shape index (κ3) is 4.76. The standard InChI is InChI=1S/C16H21NO2/c1-3-4-11-17-16(19)15-10-7-9-14(13(15)2)8-5-6-12-18/h7,9-10,18H,3-4,6,11-12H2,1-2H3,(H,17,19). The number of hydrogen-bond acceptors (Lipinski definition) is 2. The molecule has 1 aromatic rings. The van der Waals surface area contributed by atoms with Gasteiger partial charge in [-0.25, -0.2) is 0 Å². The second-order valence-electron chi connectivity index (χ2n) is 4.36. The van der Waals surface area contributed by atoms with Gasteiger partial charge in [-0.15, -0.1) is 0 Å². The van der Waals surface area contributed by atoms with Gasteiger partial charge in [0, 0.05) is 24.1 Å². The molecule has 3 nitrogen and oxygen atoms in total. The van der Waals surface area contributed by atoms with E-state index in [0.29, 0.717) is 18.5 Å². The van der Waals surface area contributed by atoms with Gasteiger partial charge in [0.05, 0.1) is 6.61 Å². The van der Waals surface area contributed by atoms with E-state index < -0.39 is 0 Å². The Morgan fingerprint density at radius 1 is 1.42 bits per heavy atom. The molecule has 1 rings (SSSR count). The minimum Gasteiger partial charge on any atom is -0.395 e. The molecule has 0 radical (unpaired) electrons. The van der Waals surface area contributed by atoms with Gasteiger partial charge in [-0.2, -0.15) is 0 Å². The predicted octanol–water partition coefficient (Wildman–Crippen LogP) is 2.26. The van der Waals surface area contributed by atoms with Gasteiger partial charge >= 0.3 is 0 Å². The second kappa shape index (κ2) is 8.34. The van der Waals surface area contributed by atoms with E-state index in [1.165, 1.54) is 0 Å². The number of hydrogen-bond donors (Lipinski definition) is 2. The Morgan fingerprint density at radius 2 is 2.21 bits per heavy atom. The van der Waals surface area contributed by atoms with Crippen molar-refractivity contribution in [3.8, 4) is 11.8 Å². The molecule has 1 aromatic carbocycles. The van der Waals surface area contributed by atoms with Crippen LogP contribution >= 0.6 is 0 Å². The molecule has 3 heteroatoms. The number of aliphatic hydroxyl groups excluding tert-OH is 1. The summed E-state index contributed by atoms with van der Waals surface area (Å²) in [4.78, 5) is 12.0. The van der Waals surface area contributed by atoms with Crippen LogP contribution in [0.4, 0.5) is 0 Å². The lowest BCUT2D eigenvalue weighted by atomic mass is 10.0. The van der Waals surface area contributed by atoms with Crippen molar-refractivity contribution < 1.29 is 9.90 Å². The number of rotatable bonds is 5. The topological polar surface area (TPSA) is 49.3 Å². The highest BCUT2D eigenvalue weighted by atomic mass is 16.2. The van der Waals surface area contributed by atoms with E-state index in [9.17, 15) is 4.79 Å². The predicted molar refractivity (Wildman–Crippen MR) is 77.0 cm³/mol. The summed E-state index contributed by atoms with van der Waals surface area (Å²) in [6.45, 7) is 4.75. The highest BCUT2D eigenvalue weighted by molar-refractivity contribution is 5.96. The first kappa shape index (κ1) is 15.3. The van der Waals surface area contributed by atoms with Gasteiger partial charge in [0.1, 0.15) is 0 Å². The van der Waals surface area contributed by atoms with E-state index in [0.717, 1.165) is 24.0 Å². The molecule has 0 spiro atoms. The lowest BCUT2D eigenvalue weighted by Crippen LogP contribution is -2.25. The van der Waals surface area contributed by atoms with Gasteiger partial charge in [-0.3, -0.25) is 4.79 Å². The number of carbonyl (C=O) groups is 1. The van der Waals surface area contributed by atoms with Gasteiger partial charge in [-0.05, 0) is 31.0 Å². The summed E-state index contributed by atoms with van der Waals surface area (Å²) in [5.74, 6) is 5.82. The molecular weight excluding hydrogens is 238 g/mol. The van der Waals surface area contributed by atoms with Crippen LogP contribution in [0.1, 0.15) is 47.7 Å². The zero-order valence-corrected chi connectivity index (χ0v) is 11.6. The first-order valence-electron chi connectivity index (χ1n) is 6.68. The average Bonchev–Trinajstić information content (AvgIpc) is 2.41. The van der Waals surface area contributed by atoms with Gasteiger partial charge in [-0.1, -0.05) is 31.3 Å². The third-order valence-electron chi connectivity index (χ3n) is 2.85. The number of amides is 1. The van der Waals surface area contributed by atoms with Crippen molar-refractivity contribution in [2.24, 2.45) is 0 Å². The van der Waals surface area contributed by atoms with Crippen LogP contribution in [0.2, 0.25) is 0 Å². The Balaban J connectivity index is 2.83. The molecule has 0 saturated carbocycles. The molecule has 102 valence electrons. The van der Waals surface area contributed by atoms with Crippen LogP contribution in [0, 0.1) is 18.8 Å². The summed E-state index contributed by atoms with van der Waals surface area (Å²) >= 11 is 0. The van der Waals surface area contributed by atoms with E-state index in [1.54, 1.807) is 0 Å². The minimum absolute atomic E-state index is 0.0447. The van der Waals surface area contributed by atoms with Crippen molar-refractivity contribution in [1.29, 1.82) is 0 Å². The SMILES string of the molecule is CCCCNC(=O)c1cccc(C#CCCO)c1C. The molecule has 2 N–H and O–H groups in total. The Hall–Kier alpha value is -1.79. The van der Waals surface area contributed by atoms with E-state index in [1.807, 2.05) is 25.1 Å². The van der Waals surface area contributed by atoms with Crippen LogP contribution in [-0.2, 0) is 0 Å². The van der Waals surface area contributed by atoms with Crippen molar-refractivity contribution in [2.45, 2.75) is 33.1 Å². The first-order valence-corrected chi connectivity index (χ1v) is 6.68. The van der Waals surface area contributed by atoms with Crippen molar-refractivity contribution in [2.75, 3.05) is 13.2 Å². The Bertz CT molecular complexity index is 483. The average molecular weight is 259 g/mol. The zero-order valence-electron chi connectivity index (χ0n) is 11.6. The maximum Gasteiger partial charge on any atom is 0.251 e. The smallest absolute Gasteiger partial charge is 0.251 e. The summed E-state index contributed by atoms with van der Waals surface area (Å²) in [5, 5.41) is 11.6. The van der Waals surface area contributed by atoms with Gasteiger partial charge in [0.25, 0.3) is 5.91 Å². The van der Waals surface area contributed by atoms with Crippen molar-refractivity contribution >= 4 is 5.91 Å². The van der Waals surface area contributed by atoms with E-state index in [4.69, 9.17) is 5.11 Å². The van der Waals surface area contributed by atoms with Gasteiger partial charge in [0.15, 0.2) is 0 Å². The number of nitrogens with one attached hydrogen (secondary N) is 1. The molecule has 0 atom stereocenters. The monoisotopic (exact) mass is 259 g/mol. The van der Waals surface area contributed by atoms with Gasteiger partial charge in [0.2, 0.25) is 0 Å². The molecule has 0 bridgehead atoms. The van der Waals surface area contributed by atoms with E-state index >= 15 is 0 Å². The molecule has 0 fully saturated rings. The molecule has 0 aliphatic carbocycles. The Morgan fingerprint density at radius 3 is 2.89 bits per heavy atom. The van der Waals surface area contributed by atoms with Crippen LogP contribution in [0.15, 0.2) is 18.2 Å². The molecular formula is C16H21NO2. The maximum absolute atomic E-state index is 12.0. The van der Waals surface area contributed by atoms with E-state index in [-0.39, 0.29) is 12.5 Å². The van der Waals surface area contributed by atoms with Crippen LogP contribution in [0.5, 0.6) is 0 Å². The molecule has 19 heavy (non-hydrogen) atoms. The fourth-order valence-corrected chi connectivity index (χ4v) is 1.70. The van der Waals surface area contributed by atoms with Crippen molar-refractivity contribution in [3.63, 3.8) is 0 Å². The van der Waals surface area contributed by atoms with E-state index in [2.05, 4.69) is 24.1 Å². The molecule has 0 aromatic heterocycles. The van der Waals surface area contributed by atoms with Gasteiger partial charge < -0.3 is 10.4 Å². The van der Waals surface area contributed by atoms with Crippen molar-refractivity contribution in [1.82, 2.24) is 5.32 Å². The molecule has 0 heterocycles. The lowest BCUT2D eigenvalue weighted by Gasteiger charge is -2.08. The highest BCUT2D eigenvalue weighted by Crippen LogP contribution is 2.13. The fourth-order valence-electron chi connectivity index (χ4n) is 1.70. The number of aliphatic hydroxyl groups is 1. The van der Waals surface area contributed by atoms with Crippen LogP contribution < -0.4 is 5.32 Å². The highest BCUT2D eigenvalue weighted by Gasteiger charge is 2.09. The van der Waals surface area contributed by atoms with Crippen molar-refractivity contribution in [3.05, 3.63) is 34.9 Å². The number of carbonyl (C=O) groups excluding carboxylic acids is 1. The molecule has 1 amide bonds. The first-order chi connectivity index (χ1) is 9.20. The zero-order chi connectivity index (χ0) is 14.1. The maximum atomic E-state index is 12.0. The Labute approximate surface area is 115 Å². The summed E-state index contributed by atoms with van der Waals surface area (Å²) in [5.41, 5.74) is 2.41. The van der Waals surface area contributed by atoms with Crippen LogP contribution in [0.25, 0.3) is 0 Å². The molecule has 0 aliphatic heterocycles. The fraction of sp³-hybridized carbons (Fsp3) is 0.438. The lowest BCUT2D eigenvalue weighted by molar-refractivity contribution is 0.0952. The normalized spacial score (nSPS) is 9.63.